The fraction of sp³-hybridized carbons (Fsp3) is 0.306. The average Bonchev–Trinajstić information content (AvgIpc) is 3.32. The standard InChI is InChI=1S/C36H31BrCl2N2O5/c1-2-20-17-23(37)18-28-29(36(45)46-31(15-16-38)33(42)22-7-11-24(39)12-8-22)19-30(40-32(20)28)21-9-13-25(14-10-21)41-34(43)26-5-3-4-6-27(26)35(41)44/h7-14,17-19,26-27,31H,2-6,15-16H2,1H3. The number of aromatic nitrogens is 1. The van der Waals surface area contributed by atoms with E-state index in [4.69, 9.17) is 32.9 Å². The Bertz CT molecular complexity index is 1820. The topological polar surface area (TPSA) is 93.6 Å². The summed E-state index contributed by atoms with van der Waals surface area (Å²) < 4.78 is 6.64. The zero-order valence-corrected chi connectivity index (χ0v) is 28.2. The molecule has 7 nitrogen and oxygen atoms in total. The van der Waals surface area contributed by atoms with Gasteiger partial charge in [-0.25, -0.2) is 9.78 Å². The van der Waals surface area contributed by atoms with Gasteiger partial charge >= 0.3 is 5.97 Å². The van der Waals surface area contributed by atoms with Crippen molar-refractivity contribution in [3.05, 3.63) is 92.9 Å². The molecular formula is C36H31BrCl2N2O5. The molecule has 0 bridgehead atoms. The van der Waals surface area contributed by atoms with Crippen molar-refractivity contribution in [2.75, 3.05) is 10.8 Å². The van der Waals surface area contributed by atoms with Gasteiger partial charge in [-0.1, -0.05) is 59.4 Å². The van der Waals surface area contributed by atoms with Gasteiger partial charge in [-0.2, -0.15) is 0 Å². The minimum absolute atomic E-state index is 0.112. The maximum Gasteiger partial charge on any atom is 0.339 e. The van der Waals surface area contributed by atoms with E-state index >= 15 is 0 Å². The van der Waals surface area contributed by atoms with Crippen LogP contribution in [0.5, 0.6) is 0 Å². The van der Waals surface area contributed by atoms with Gasteiger partial charge in [-0.15, -0.1) is 11.6 Å². The molecule has 2 fully saturated rings. The molecular weight excluding hydrogens is 691 g/mol. The zero-order valence-electron chi connectivity index (χ0n) is 25.1. The van der Waals surface area contributed by atoms with Crippen LogP contribution < -0.4 is 4.90 Å². The predicted molar refractivity (Wildman–Crippen MR) is 183 cm³/mol. The van der Waals surface area contributed by atoms with Gasteiger partial charge in [0, 0.05) is 38.3 Å². The molecule has 2 heterocycles. The fourth-order valence-electron chi connectivity index (χ4n) is 6.48. The number of aryl methyl sites for hydroxylation is 1. The first kappa shape index (κ1) is 32.4. The highest BCUT2D eigenvalue weighted by Crippen LogP contribution is 2.40. The van der Waals surface area contributed by atoms with Crippen molar-refractivity contribution >= 4 is 79.3 Å². The number of esters is 1. The molecule has 2 amide bonds. The number of amides is 2. The summed E-state index contributed by atoms with van der Waals surface area (Å²) in [6.07, 6.45) is 3.10. The third-order valence-corrected chi connectivity index (χ3v) is 9.79. The van der Waals surface area contributed by atoms with Crippen molar-refractivity contribution in [3.8, 4) is 11.3 Å². The van der Waals surface area contributed by atoms with Gasteiger partial charge in [-0.05, 0) is 79.4 Å². The number of ketones is 1. The molecule has 0 N–H and O–H groups in total. The summed E-state index contributed by atoms with van der Waals surface area (Å²) in [5.41, 5.74) is 3.88. The molecule has 236 valence electrons. The molecule has 4 aromatic rings. The van der Waals surface area contributed by atoms with Gasteiger partial charge in [0.15, 0.2) is 6.10 Å². The second-order valence-corrected chi connectivity index (χ2v) is 13.4. The Labute approximate surface area is 285 Å². The number of imide groups is 1. The summed E-state index contributed by atoms with van der Waals surface area (Å²) in [6.45, 7) is 2.01. The Balaban J connectivity index is 1.36. The van der Waals surface area contributed by atoms with Crippen LogP contribution in [0.25, 0.3) is 22.2 Å². The molecule has 1 aliphatic carbocycles. The van der Waals surface area contributed by atoms with E-state index in [2.05, 4.69) is 15.9 Å². The third-order valence-electron chi connectivity index (χ3n) is 8.86. The minimum atomic E-state index is -1.10. The predicted octanol–water partition coefficient (Wildman–Crippen LogP) is 8.60. The molecule has 3 atom stereocenters. The highest BCUT2D eigenvalue weighted by atomic mass is 79.9. The fourth-order valence-corrected chi connectivity index (χ4v) is 7.31. The summed E-state index contributed by atoms with van der Waals surface area (Å²) in [6, 6.07) is 18.9. The number of pyridine rings is 1. The molecule has 1 saturated heterocycles. The largest absolute Gasteiger partial charge is 0.450 e. The molecule has 1 saturated carbocycles. The smallest absolute Gasteiger partial charge is 0.339 e. The van der Waals surface area contributed by atoms with Crippen LogP contribution in [0.1, 0.15) is 65.3 Å². The first-order chi connectivity index (χ1) is 22.2. The van der Waals surface area contributed by atoms with Crippen LogP contribution in [0.15, 0.2) is 71.2 Å². The van der Waals surface area contributed by atoms with Gasteiger partial charge in [-0.3, -0.25) is 19.3 Å². The van der Waals surface area contributed by atoms with E-state index in [9.17, 15) is 19.2 Å². The molecule has 3 aromatic carbocycles. The van der Waals surface area contributed by atoms with Crippen LogP contribution in [-0.4, -0.2) is 40.5 Å². The highest BCUT2D eigenvalue weighted by Gasteiger charge is 2.48. The quantitative estimate of drug-likeness (QED) is 0.0744. The highest BCUT2D eigenvalue weighted by molar-refractivity contribution is 9.10. The summed E-state index contributed by atoms with van der Waals surface area (Å²) in [5.74, 6) is -1.68. The lowest BCUT2D eigenvalue weighted by molar-refractivity contribution is -0.122. The molecule has 1 aromatic heterocycles. The van der Waals surface area contributed by atoms with Crippen LogP contribution in [-0.2, 0) is 20.7 Å². The first-order valence-electron chi connectivity index (χ1n) is 15.4. The molecule has 6 rings (SSSR count). The number of nitrogens with zero attached hydrogens (tertiary/aromatic N) is 2. The number of alkyl halides is 1. The van der Waals surface area contributed by atoms with E-state index in [1.807, 2.05) is 19.1 Å². The van der Waals surface area contributed by atoms with E-state index in [1.54, 1.807) is 54.6 Å². The molecule has 0 spiro atoms. The number of ether oxygens (including phenoxy) is 1. The second-order valence-electron chi connectivity index (χ2n) is 11.7. The lowest BCUT2D eigenvalue weighted by Gasteiger charge is -2.19. The van der Waals surface area contributed by atoms with Crippen LogP contribution in [0.3, 0.4) is 0 Å². The first-order valence-corrected chi connectivity index (χ1v) is 17.1. The van der Waals surface area contributed by atoms with E-state index in [0.29, 0.717) is 44.9 Å². The Morgan fingerprint density at radius 2 is 1.63 bits per heavy atom. The molecule has 46 heavy (non-hydrogen) atoms. The summed E-state index contributed by atoms with van der Waals surface area (Å²) >= 11 is 15.6. The van der Waals surface area contributed by atoms with E-state index < -0.39 is 12.1 Å². The lowest BCUT2D eigenvalue weighted by atomic mass is 9.81. The number of hydrogen-bond donors (Lipinski definition) is 0. The van der Waals surface area contributed by atoms with Gasteiger partial charge in [0.05, 0.1) is 34.3 Å². The van der Waals surface area contributed by atoms with Crippen molar-refractivity contribution in [1.82, 2.24) is 4.98 Å². The summed E-state index contributed by atoms with van der Waals surface area (Å²) in [4.78, 5) is 59.8. The number of Topliss-reactive ketones (excluding diaryl/α,β-unsaturated/α-hetero) is 1. The Morgan fingerprint density at radius 1 is 0.978 bits per heavy atom. The van der Waals surface area contributed by atoms with Crippen molar-refractivity contribution in [2.24, 2.45) is 11.8 Å². The Hall–Kier alpha value is -3.59. The monoisotopic (exact) mass is 720 g/mol. The van der Waals surface area contributed by atoms with Gasteiger partial charge < -0.3 is 4.74 Å². The number of carbonyl (C=O) groups excluding carboxylic acids is 4. The zero-order chi connectivity index (χ0) is 32.5. The lowest BCUT2D eigenvalue weighted by Crippen LogP contribution is -2.30. The van der Waals surface area contributed by atoms with Gasteiger partial charge in [0.25, 0.3) is 0 Å². The summed E-state index contributed by atoms with van der Waals surface area (Å²) in [5, 5.41) is 1.07. The number of benzene rings is 3. The van der Waals surface area contributed by atoms with Gasteiger partial charge in [0.1, 0.15) is 0 Å². The van der Waals surface area contributed by atoms with Crippen LogP contribution >= 0.6 is 39.1 Å². The number of fused-ring (bicyclic) bond motifs is 2. The molecule has 0 radical (unpaired) electrons. The van der Waals surface area contributed by atoms with Crippen LogP contribution in [0, 0.1) is 11.8 Å². The summed E-state index contributed by atoms with van der Waals surface area (Å²) in [7, 11) is 0. The second kappa shape index (κ2) is 13.6. The SMILES string of the molecule is CCc1cc(Br)cc2c(C(=O)OC(CCCl)C(=O)c3ccc(Cl)cc3)cc(-c3ccc(N4C(=O)C5CCCCC5C4=O)cc3)nc12. The number of anilines is 1. The van der Waals surface area contributed by atoms with Crippen molar-refractivity contribution in [3.63, 3.8) is 0 Å². The van der Waals surface area contributed by atoms with E-state index in [-0.39, 0.29) is 47.3 Å². The molecule has 3 unspecified atom stereocenters. The van der Waals surface area contributed by atoms with Crippen LogP contribution in [0.4, 0.5) is 5.69 Å². The molecule has 1 aliphatic heterocycles. The third kappa shape index (κ3) is 6.23. The maximum absolute atomic E-state index is 13.9. The number of hydrogen-bond acceptors (Lipinski definition) is 6. The van der Waals surface area contributed by atoms with Crippen molar-refractivity contribution in [2.45, 2.75) is 51.6 Å². The maximum atomic E-state index is 13.9. The van der Waals surface area contributed by atoms with E-state index in [1.165, 1.54) is 4.90 Å². The Kier molecular flexibility index (Phi) is 9.59. The molecule has 2 aliphatic rings. The van der Waals surface area contributed by atoms with Gasteiger partial charge in [0.2, 0.25) is 17.6 Å². The van der Waals surface area contributed by atoms with Crippen molar-refractivity contribution < 1.29 is 23.9 Å². The average molecular weight is 722 g/mol. The minimum Gasteiger partial charge on any atom is -0.450 e. The van der Waals surface area contributed by atoms with Crippen molar-refractivity contribution in [1.29, 1.82) is 0 Å². The number of rotatable bonds is 9. The van der Waals surface area contributed by atoms with Crippen LogP contribution in [0.2, 0.25) is 5.02 Å². The Morgan fingerprint density at radius 3 is 2.24 bits per heavy atom. The number of carbonyl (C=O) groups is 4. The van der Waals surface area contributed by atoms with E-state index in [0.717, 1.165) is 35.7 Å². The number of halogens is 3. The molecule has 10 heteroatoms. The normalized spacial score (nSPS) is 18.5.